The number of hydrogen-bond acceptors (Lipinski definition) is 6. The molecule has 2 aromatic heterocycles. The molecule has 13 heteroatoms. The Balaban J connectivity index is 1.91. The first kappa shape index (κ1) is 22.2. The smallest absolute Gasteiger partial charge is 0.422 e. The summed E-state index contributed by atoms with van der Waals surface area (Å²) in [6, 6.07) is 1.65. The van der Waals surface area contributed by atoms with Crippen LogP contribution in [0, 0.1) is 0 Å². The van der Waals surface area contributed by atoms with Crippen LogP contribution in [0.4, 0.5) is 26.3 Å². The zero-order valence-corrected chi connectivity index (χ0v) is 14.7. The van der Waals surface area contributed by atoms with E-state index in [9.17, 15) is 31.1 Å². The molecule has 0 aliphatic rings. The van der Waals surface area contributed by atoms with Gasteiger partial charge in [-0.15, -0.1) is 0 Å². The number of hydrogen-bond donors (Lipinski definition) is 1. The van der Waals surface area contributed by atoms with Crippen molar-refractivity contribution >= 4 is 5.91 Å². The van der Waals surface area contributed by atoms with E-state index >= 15 is 0 Å². The molecule has 0 aliphatic carbocycles. The first-order valence-electron chi connectivity index (χ1n) is 7.91. The quantitative estimate of drug-likeness (QED) is 0.687. The minimum absolute atomic E-state index is 0.0886. The molecule has 29 heavy (non-hydrogen) atoms. The molecule has 0 saturated carbocycles. The second-order valence-electron chi connectivity index (χ2n) is 5.66. The summed E-state index contributed by atoms with van der Waals surface area (Å²) in [5.74, 6) is -1.15. The van der Waals surface area contributed by atoms with E-state index in [1.54, 1.807) is 6.92 Å². The number of amides is 1. The van der Waals surface area contributed by atoms with Gasteiger partial charge in [-0.3, -0.25) is 9.78 Å². The van der Waals surface area contributed by atoms with Crippen molar-refractivity contribution < 1.29 is 40.6 Å². The molecule has 0 saturated heterocycles. The third-order valence-electron chi connectivity index (χ3n) is 3.19. The Labute approximate surface area is 160 Å². The fourth-order valence-electron chi connectivity index (χ4n) is 1.89. The standard InChI is InChI=1S/C16H14F6N4O3/c1-9(12-5-25-13(6-24-12)29-8-16(20,21)22)26-14(27)11-3-2-10(4-23-11)28-7-15(17,18)19/h2-6,9H,7-8H2,1H3,(H,26,27)/t9-/m1/s1. The highest BCUT2D eigenvalue weighted by molar-refractivity contribution is 5.92. The highest BCUT2D eigenvalue weighted by atomic mass is 19.4. The van der Waals surface area contributed by atoms with Crippen LogP contribution < -0.4 is 14.8 Å². The molecular formula is C16H14F6N4O3. The Morgan fingerprint density at radius 3 is 2.14 bits per heavy atom. The van der Waals surface area contributed by atoms with Crippen molar-refractivity contribution in [2.75, 3.05) is 13.2 Å². The number of pyridine rings is 1. The number of halogens is 6. The first-order valence-corrected chi connectivity index (χ1v) is 7.91. The highest BCUT2D eigenvalue weighted by Gasteiger charge is 2.29. The lowest BCUT2D eigenvalue weighted by molar-refractivity contribution is -0.154. The second kappa shape index (κ2) is 8.92. The van der Waals surface area contributed by atoms with Crippen molar-refractivity contribution in [3.8, 4) is 11.6 Å². The molecule has 2 aromatic rings. The lowest BCUT2D eigenvalue weighted by Gasteiger charge is -2.14. The van der Waals surface area contributed by atoms with Crippen LogP contribution >= 0.6 is 0 Å². The topological polar surface area (TPSA) is 86.2 Å². The van der Waals surface area contributed by atoms with E-state index in [1.165, 1.54) is 6.07 Å². The maximum absolute atomic E-state index is 12.1. The SMILES string of the molecule is C[C@@H](NC(=O)c1ccc(OCC(F)(F)F)cn1)c1cnc(OCC(F)(F)F)cn1. The van der Waals surface area contributed by atoms with Crippen LogP contribution in [0.1, 0.15) is 29.1 Å². The van der Waals surface area contributed by atoms with Gasteiger partial charge in [0.15, 0.2) is 13.2 Å². The Hall–Kier alpha value is -3.12. The summed E-state index contributed by atoms with van der Waals surface area (Å²) in [4.78, 5) is 23.4. The van der Waals surface area contributed by atoms with Crippen molar-refractivity contribution in [3.63, 3.8) is 0 Å². The maximum Gasteiger partial charge on any atom is 0.422 e. The number of alkyl halides is 6. The van der Waals surface area contributed by atoms with Crippen LogP contribution in [0.15, 0.2) is 30.7 Å². The van der Waals surface area contributed by atoms with Crippen LogP contribution in [-0.2, 0) is 0 Å². The van der Waals surface area contributed by atoms with Crippen LogP contribution in [0.25, 0.3) is 0 Å². The molecule has 158 valence electrons. The van der Waals surface area contributed by atoms with Gasteiger partial charge in [-0.25, -0.2) is 9.97 Å². The first-order chi connectivity index (χ1) is 13.4. The Morgan fingerprint density at radius 1 is 0.966 bits per heavy atom. The Kier molecular flexibility index (Phi) is 6.82. The Bertz CT molecular complexity index is 809. The molecule has 0 fully saturated rings. The summed E-state index contributed by atoms with van der Waals surface area (Å²) in [6.45, 7) is -1.46. The van der Waals surface area contributed by atoms with Gasteiger partial charge in [-0.1, -0.05) is 0 Å². The van der Waals surface area contributed by atoms with Gasteiger partial charge in [0.05, 0.1) is 30.3 Å². The lowest BCUT2D eigenvalue weighted by Crippen LogP contribution is -2.28. The summed E-state index contributed by atoms with van der Waals surface area (Å²) in [7, 11) is 0. The summed E-state index contributed by atoms with van der Waals surface area (Å²) in [6.07, 6.45) is -5.92. The van der Waals surface area contributed by atoms with E-state index in [0.717, 1.165) is 24.7 Å². The van der Waals surface area contributed by atoms with Gasteiger partial charge in [0.2, 0.25) is 5.88 Å². The predicted octanol–water partition coefficient (Wildman–Crippen LogP) is 3.24. The fraction of sp³-hybridized carbons (Fsp3) is 0.375. The Morgan fingerprint density at radius 2 is 1.62 bits per heavy atom. The molecule has 1 amide bonds. The lowest BCUT2D eigenvalue weighted by atomic mass is 10.2. The number of aromatic nitrogens is 3. The number of rotatable bonds is 7. The largest absolute Gasteiger partial charge is 0.483 e. The minimum Gasteiger partial charge on any atom is -0.483 e. The molecule has 0 spiro atoms. The minimum atomic E-state index is -4.51. The highest BCUT2D eigenvalue weighted by Crippen LogP contribution is 2.19. The van der Waals surface area contributed by atoms with E-state index in [-0.39, 0.29) is 23.0 Å². The van der Waals surface area contributed by atoms with Gasteiger partial charge in [0, 0.05) is 0 Å². The zero-order chi connectivity index (χ0) is 21.7. The van der Waals surface area contributed by atoms with Crippen molar-refractivity contribution in [2.45, 2.75) is 25.3 Å². The normalized spacial score (nSPS) is 12.9. The number of carbonyl (C=O) groups is 1. The molecule has 1 N–H and O–H groups in total. The van der Waals surface area contributed by atoms with Gasteiger partial charge < -0.3 is 14.8 Å². The molecular weight excluding hydrogens is 410 g/mol. The molecule has 0 unspecified atom stereocenters. The molecule has 1 atom stereocenters. The number of carbonyl (C=O) groups excluding carboxylic acids is 1. The van der Waals surface area contributed by atoms with Crippen molar-refractivity contribution in [1.82, 2.24) is 20.3 Å². The van der Waals surface area contributed by atoms with Gasteiger partial charge in [-0.05, 0) is 19.1 Å². The van der Waals surface area contributed by atoms with Gasteiger partial charge >= 0.3 is 12.4 Å². The summed E-state index contributed by atoms with van der Waals surface area (Å²) in [5, 5.41) is 2.52. The molecule has 7 nitrogen and oxygen atoms in total. The van der Waals surface area contributed by atoms with Crippen molar-refractivity contribution in [1.29, 1.82) is 0 Å². The van der Waals surface area contributed by atoms with E-state index in [4.69, 9.17) is 0 Å². The number of ether oxygens (including phenoxy) is 2. The van der Waals surface area contributed by atoms with Gasteiger partial charge in [0.1, 0.15) is 11.4 Å². The molecule has 0 aromatic carbocycles. The molecule has 0 radical (unpaired) electrons. The van der Waals surface area contributed by atoms with E-state index < -0.39 is 37.5 Å². The predicted molar refractivity (Wildman–Crippen MR) is 85.3 cm³/mol. The third kappa shape index (κ3) is 7.79. The fourth-order valence-corrected chi connectivity index (χ4v) is 1.89. The molecule has 0 aliphatic heterocycles. The van der Waals surface area contributed by atoms with Gasteiger partial charge in [0.25, 0.3) is 5.91 Å². The van der Waals surface area contributed by atoms with Crippen molar-refractivity contribution in [2.24, 2.45) is 0 Å². The average molecular weight is 424 g/mol. The third-order valence-corrected chi connectivity index (χ3v) is 3.19. The number of nitrogens with one attached hydrogen (secondary N) is 1. The van der Waals surface area contributed by atoms with E-state index in [2.05, 4.69) is 29.7 Å². The van der Waals surface area contributed by atoms with Crippen LogP contribution in [0.3, 0.4) is 0 Å². The molecule has 0 bridgehead atoms. The molecule has 2 heterocycles. The van der Waals surface area contributed by atoms with Crippen LogP contribution in [0.5, 0.6) is 11.6 Å². The van der Waals surface area contributed by atoms with Crippen LogP contribution in [-0.4, -0.2) is 46.4 Å². The second-order valence-corrected chi connectivity index (χ2v) is 5.66. The summed E-state index contributed by atoms with van der Waals surface area (Å²) < 4.78 is 81.5. The monoisotopic (exact) mass is 424 g/mol. The molecule has 2 rings (SSSR count). The van der Waals surface area contributed by atoms with Gasteiger partial charge in [-0.2, -0.15) is 26.3 Å². The summed E-state index contributed by atoms with van der Waals surface area (Å²) in [5.41, 5.74) is 0.150. The summed E-state index contributed by atoms with van der Waals surface area (Å²) >= 11 is 0. The number of nitrogens with zero attached hydrogens (tertiary/aromatic N) is 3. The van der Waals surface area contributed by atoms with E-state index in [1.807, 2.05) is 0 Å². The average Bonchev–Trinajstić information content (AvgIpc) is 2.64. The van der Waals surface area contributed by atoms with E-state index in [0.29, 0.717) is 0 Å². The van der Waals surface area contributed by atoms with Crippen LogP contribution in [0.2, 0.25) is 0 Å². The van der Waals surface area contributed by atoms with Crippen molar-refractivity contribution in [3.05, 3.63) is 42.1 Å². The maximum atomic E-state index is 12.1. The zero-order valence-electron chi connectivity index (χ0n) is 14.7.